The Morgan fingerprint density at radius 1 is 1.10 bits per heavy atom. The van der Waals surface area contributed by atoms with E-state index >= 15 is 0 Å². The van der Waals surface area contributed by atoms with Gasteiger partial charge >= 0.3 is 0 Å². The summed E-state index contributed by atoms with van der Waals surface area (Å²) in [4.78, 5) is 27.3. The molecule has 0 bridgehead atoms. The molecule has 1 saturated heterocycles. The van der Waals surface area contributed by atoms with Gasteiger partial charge < -0.3 is 10.6 Å². The minimum atomic E-state index is -3.63. The van der Waals surface area contributed by atoms with E-state index in [1.807, 2.05) is 0 Å². The molecule has 2 N–H and O–H groups in total. The molecule has 2 amide bonds. The maximum absolute atomic E-state index is 12.4. The normalized spacial score (nSPS) is 21.1. The molecule has 2 fully saturated rings. The summed E-state index contributed by atoms with van der Waals surface area (Å²) in [6.45, 7) is 1.74. The van der Waals surface area contributed by atoms with Gasteiger partial charge in [0.15, 0.2) is 0 Å². The van der Waals surface area contributed by atoms with E-state index in [-0.39, 0.29) is 29.0 Å². The summed E-state index contributed by atoms with van der Waals surface area (Å²) in [5.41, 5.74) is 0.205. The van der Waals surface area contributed by atoms with Gasteiger partial charge in [-0.3, -0.25) is 14.5 Å². The zero-order valence-corrected chi connectivity index (χ0v) is 19.3. The summed E-state index contributed by atoms with van der Waals surface area (Å²) in [6, 6.07) is 6.56. The number of likely N-dealkylation sites (tertiary alicyclic amines) is 1. The van der Waals surface area contributed by atoms with Gasteiger partial charge in [-0.15, -0.1) is 0 Å². The van der Waals surface area contributed by atoms with Gasteiger partial charge in [0.25, 0.3) is 5.91 Å². The Balaban J connectivity index is 1.47. The van der Waals surface area contributed by atoms with Gasteiger partial charge in [0, 0.05) is 44.8 Å². The number of nitrogens with one attached hydrogen (secondary N) is 2. The van der Waals surface area contributed by atoms with E-state index in [4.69, 9.17) is 0 Å². The lowest BCUT2D eigenvalue weighted by Gasteiger charge is -2.26. The summed E-state index contributed by atoms with van der Waals surface area (Å²) in [7, 11) is -0.754. The first kappa shape index (κ1) is 23.7. The van der Waals surface area contributed by atoms with Crippen LogP contribution >= 0.6 is 0 Å². The van der Waals surface area contributed by atoms with Gasteiger partial charge in [-0.1, -0.05) is 31.7 Å². The van der Waals surface area contributed by atoms with Gasteiger partial charge in [0.2, 0.25) is 15.9 Å². The molecule has 1 aliphatic heterocycles. The van der Waals surface area contributed by atoms with Crippen molar-refractivity contribution in [3.8, 4) is 0 Å². The molecule has 1 heterocycles. The molecule has 1 atom stereocenters. The topological polar surface area (TPSA) is 98.8 Å². The average Bonchev–Trinajstić information content (AvgIpc) is 3.04. The molecule has 0 aromatic heterocycles. The predicted molar refractivity (Wildman–Crippen MR) is 119 cm³/mol. The number of nitrogens with zero attached hydrogens (tertiary/aromatic N) is 2. The first-order chi connectivity index (χ1) is 14.8. The first-order valence-corrected chi connectivity index (χ1v) is 12.6. The molecule has 3 rings (SSSR count). The van der Waals surface area contributed by atoms with Crippen LogP contribution in [0.25, 0.3) is 0 Å². The molecule has 1 saturated carbocycles. The van der Waals surface area contributed by atoms with Crippen molar-refractivity contribution in [2.45, 2.75) is 61.9 Å². The average molecular weight is 451 g/mol. The first-order valence-electron chi connectivity index (χ1n) is 11.1. The molecule has 0 spiro atoms. The van der Waals surface area contributed by atoms with Crippen LogP contribution in [0.1, 0.15) is 55.3 Å². The maximum atomic E-state index is 12.4. The molecule has 1 aliphatic carbocycles. The van der Waals surface area contributed by atoms with Crippen molar-refractivity contribution in [3.05, 3.63) is 29.8 Å². The largest absolute Gasteiger partial charge is 0.350 e. The van der Waals surface area contributed by atoms with Crippen molar-refractivity contribution < 1.29 is 18.0 Å². The van der Waals surface area contributed by atoms with E-state index in [0.717, 1.165) is 23.8 Å². The SMILES string of the molecule is CN(C)S(=O)(=O)c1cccc(C(=O)NCC(=O)NC2CCN(C3CCCCCC3)C2)c1. The third-order valence-corrected chi connectivity index (χ3v) is 8.02. The summed E-state index contributed by atoms with van der Waals surface area (Å²) < 4.78 is 25.6. The molecule has 172 valence electrons. The summed E-state index contributed by atoms with van der Waals surface area (Å²) in [6.07, 6.45) is 8.67. The number of hydrogen-bond acceptors (Lipinski definition) is 5. The van der Waals surface area contributed by atoms with Gasteiger partial charge in [-0.25, -0.2) is 12.7 Å². The van der Waals surface area contributed by atoms with E-state index < -0.39 is 15.9 Å². The maximum Gasteiger partial charge on any atom is 0.251 e. The summed E-state index contributed by atoms with van der Waals surface area (Å²) in [5.74, 6) is -0.699. The lowest BCUT2D eigenvalue weighted by atomic mass is 10.1. The van der Waals surface area contributed by atoms with Crippen LogP contribution < -0.4 is 10.6 Å². The molecule has 1 aromatic carbocycles. The summed E-state index contributed by atoms with van der Waals surface area (Å²) in [5, 5.41) is 5.61. The molecule has 8 nitrogen and oxygen atoms in total. The molecule has 9 heteroatoms. The van der Waals surface area contributed by atoms with Crippen LogP contribution in [0.15, 0.2) is 29.2 Å². The highest BCUT2D eigenvalue weighted by Crippen LogP contribution is 2.25. The predicted octanol–water partition coefficient (Wildman–Crippen LogP) is 1.58. The number of amides is 2. The van der Waals surface area contributed by atoms with Crippen LogP contribution in [0, 0.1) is 0 Å². The van der Waals surface area contributed by atoms with Crippen LogP contribution in [0.5, 0.6) is 0 Å². The van der Waals surface area contributed by atoms with E-state index in [2.05, 4.69) is 15.5 Å². The second-order valence-electron chi connectivity index (χ2n) is 8.69. The molecular weight excluding hydrogens is 416 g/mol. The number of hydrogen-bond donors (Lipinski definition) is 2. The van der Waals surface area contributed by atoms with E-state index in [0.29, 0.717) is 6.04 Å². The fraction of sp³-hybridized carbons (Fsp3) is 0.636. The Bertz CT molecular complexity index is 879. The molecule has 31 heavy (non-hydrogen) atoms. The molecule has 1 aromatic rings. The lowest BCUT2D eigenvalue weighted by Crippen LogP contribution is -2.44. The number of carbonyl (C=O) groups excluding carboxylic acids is 2. The lowest BCUT2D eigenvalue weighted by molar-refractivity contribution is -0.120. The Morgan fingerprint density at radius 2 is 1.81 bits per heavy atom. The fourth-order valence-corrected chi connectivity index (χ4v) is 5.36. The smallest absolute Gasteiger partial charge is 0.251 e. The van der Waals surface area contributed by atoms with Gasteiger partial charge in [-0.2, -0.15) is 0 Å². The fourth-order valence-electron chi connectivity index (χ4n) is 4.41. The monoisotopic (exact) mass is 450 g/mol. The zero-order valence-electron chi connectivity index (χ0n) is 18.5. The van der Waals surface area contributed by atoms with Crippen LogP contribution in [0.4, 0.5) is 0 Å². The van der Waals surface area contributed by atoms with Gasteiger partial charge in [0.1, 0.15) is 0 Å². The second-order valence-corrected chi connectivity index (χ2v) is 10.8. The molecule has 1 unspecified atom stereocenters. The van der Waals surface area contributed by atoms with Crippen molar-refractivity contribution >= 4 is 21.8 Å². The summed E-state index contributed by atoms with van der Waals surface area (Å²) >= 11 is 0. The van der Waals surface area contributed by atoms with Crippen LogP contribution in [0.2, 0.25) is 0 Å². The highest BCUT2D eigenvalue weighted by Gasteiger charge is 2.29. The van der Waals surface area contributed by atoms with Gasteiger partial charge in [0.05, 0.1) is 11.4 Å². The van der Waals surface area contributed by atoms with Crippen molar-refractivity contribution in [2.24, 2.45) is 0 Å². The Morgan fingerprint density at radius 3 is 2.48 bits per heavy atom. The molecule has 0 radical (unpaired) electrons. The van der Waals surface area contributed by atoms with Gasteiger partial charge in [-0.05, 0) is 37.5 Å². The number of benzene rings is 1. The third-order valence-electron chi connectivity index (χ3n) is 6.21. The van der Waals surface area contributed by atoms with E-state index in [1.165, 1.54) is 76.9 Å². The molecular formula is C22H34N4O4S. The standard InChI is InChI=1S/C22H34N4O4S/c1-25(2)31(29,30)20-11-7-8-17(14-20)22(28)23-15-21(27)24-18-12-13-26(16-18)19-9-5-3-4-6-10-19/h7-8,11,14,18-19H,3-6,9-10,12-13,15-16H2,1-2H3,(H,23,28)(H,24,27). The van der Waals surface area contributed by atoms with Crippen LogP contribution in [0.3, 0.4) is 0 Å². The number of rotatable bonds is 7. The Hall–Kier alpha value is -1.97. The quantitative estimate of drug-likeness (QED) is 0.615. The second kappa shape index (κ2) is 10.6. The van der Waals surface area contributed by atoms with E-state index in [9.17, 15) is 18.0 Å². The number of carbonyl (C=O) groups is 2. The van der Waals surface area contributed by atoms with Crippen molar-refractivity contribution in [2.75, 3.05) is 33.7 Å². The van der Waals surface area contributed by atoms with Crippen LogP contribution in [-0.2, 0) is 14.8 Å². The molecule has 2 aliphatic rings. The third kappa shape index (κ3) is 6.27. The number of sulfonamides is 1. The van der Waals surface area contributed by atoms with Crippen molar-refractivity contribution in [1.29, 1.82) is 0 Å². The minimum Gasteiger partial charge on any atom is -0.350 e. The van der Waals surface area contributed by atoms with Crippen molar-refractivity contribution in [3.63, 3.8) is 0 Å². The Labute approximate surface area is 185 Å². The zero-order chi connectivity index (χ0) is 22.4. The van der Waals surface area contributed by atoms with E-state index in [1.54, 1.807) is 0 Å². The highest BCUT2D eigenvalue weighted by atomic mass is 32.2. The highest BCUT2D eigenvalue weighted by molar-refractivity contribution is 7.89. The van der Waals surface area contributed by atoms with Crippen molar-refractivity contribution in [1.82, 2.24) is 19.8 Å². The Kier molecular flexibility index (Phi) is 8.07. The van der Waals surface area contributed by atoms with Crippen LogP contribution in [-0.4, -0.2) is 75.3 Å². The minimum absolute atomic E-state index is 0.0409.